The molecule has 170 valence electrons. The molecule has 1 heterocycles. The second-order valence-electron chi connectivity index (χ2n) is 9.14. The number of para-hydroxylation sites is 2. The van der Waals surface area contributed by atoms with Crippen molar-refractivity contribution in [3.05, 3.63) is 132 Å². The fraction of sp³-hybridized carbons (Fsp3) is 0. The van der Waals surface area contributed by atoms with E-state index in [9.17, 15) is 0 Å². The van der Waals surface area contributed by atoms with Gasteiger partial charge < -0.3 is 4.42 Å². The lowest BCUT2D eigenvalue weighted by Crippen LogP contribution is -1.83. The van der Waals surface area contributed by atoms with Crippen LogP contribution in [0.15, 0.2) is 132 Å². The SMILES string of the molecule is Clc1ccc(-c2ccc3ccc(-c4ccc(-c5cccc6c5oc5ccccc56)cc4)cc3c2)cc1. The first kappa shape index (κ1) is 21.0. The molecule has 0 unspecified atom stereocenters. The number of hydrogen-bond donors (Lipinski definition) is 0. The molecule has 2 heteroatoms. The molecule has 0 aliphatic carbocycles. The van der Waals surface area contributed by atoms with E-state index in [4.69, 9.17) is 16.0 Å². The minimum Gasteiger partial charge on any atom is -0.455 e. The predicted molar refractivity (Wildman–Crippen MR) is 153 cm³/mol. The number of furan rings is 1. The summed E-state index contributed by atoms with van der Waals surface area (Å²) >= 11 is 6.07. The van der Waals surface area contributed by atoms with Gasteiger partial charge in [0.05, 0.1) is 0 Å². The molecule has 0 saturated heterocycles. The molecule has 6 aromatic carbocycles. The third kappa shape index (κ3) is 3.57. The number of fused-ring (bicyclic) bond motifs is 4. The average Bonchev–Trinajstić information content (AvgIpc) is 3.32. The van der Waals surface area contributed by atoms with Crippen molar-refractivity contribution in [3.63, 3.8) is 0 Å². The van der Waals surface area contributed by atoms with Gasteiger partial charge in [0.25, 0.3) is 0 Å². The zero-order valence-electron chi connectivity index (χ0n) is 19.4. The van der Waals surface area contributed by atoms with Crippen LogP contribution in [0.25, 0.3) is 66.1 Å². The van der Waals surface area contributed by atoms with E-state index in [1.807, 2.05) is 24.3 Å². The van der Waals surface area contributed by atoms with Crippen molar-refractivity contribution in [2.24, 2.45) is 0 Å². The molecule has 0 amide bonds. The first-order chi connectivity index (χ1) is 17.7. The molecular formula is C34H21ClO. The van der Waals surface area contributed by atoms with Crippen molar-refractivity contribution < 1.29 is 4.42 Å². The topological polar surface area (TPSA) is 13.1 Å². The molecule has 1 nitrogen and oxygen atoms in total. The van der Waals surface area contributed by atoms with Crippen LogP contribution < -0.4 is 0 Å². The van der Waals surface area contributed by atoms with Gasteiger partial charge in [0.15, 0.2) is 0 Å². The summed E-state index contributed by atoms with van der Waals surface area (Å²) in [6, 6.07) is 44.6. The first-order valence-corrected chi connectivity index (χ1v) is 12.4. The van der Waals surface area contributed by atoms with Crippen molar-refractivity contribution in [2.45, 2.75) is 0 Å². The Morgan fingerprint density at radius 3 is 1.75 bits per heavy atom. The van der Waals surface area contributed by atoms with Gasteiger partial charge in [0, 0.05) is 21.4 Å². The maximum absolute atomic E-state index is 6.25. The lowest BCUT2D eigenvalue weighted by Gasteiger charge is -2.09. The summed E-state index contributed by atoms with van der Waals surface area (Å²) < 4.78 is 6.25. The lowest BCUT2D eigenvalue weighted by atomic mass is 9.96. The predicted octanol–water partition coefficient (Wildman–Crippen LogP) is 10.4. The van der Waals surface area contributed by atoms with Crippen LogP contribution in [0.4, 0.5) is 0 Å². The summed E-state index contributed by atoms with van der Waals surface area (Å²) in [5, 5.41) is 5.50. The van der Waals surface area contributed by atoms with Crippen molar-refractivity contribution in [3.8, 4) is 33.4 Å². The van der Waals surface area contributed by atoms with E-state index in [1.165, 1.54) is 27.5 Å². The van der Waals surface area contributed by atoms with Crippen LogP contribution in [0.5, 0.6) is 0 Å². The molecule has 0 aliphatic heterocycles. The Labute approximate surface area is 214 Å². The van der Waals surface area contributed by atoms with E-state index >= 15 is 0 Å². The largest absolute Gasteiger partial charge is 0.455 e. The number of hydrogen-bond acceptors (Lipinski definition) is 1. The normalized spacial score (nSPS) is 11.5. The van der Waals surface area contributed by atoms with Crippen LogP contribution in [0.3, 0.4) is 0 Å². The number of rotatable bonds is 3. The molecule has 7 aromatic rings. The van der Waals surface area contributed by atoms with Gasteiger partial charge in [-0.15, -0.1) is 0 Å². The number of benzene rings is 6. The summed E-state index contributed by atoms with van der Waals surface area (Å²) in [6.07, 6.45) is 0. The summed E-state index contributed by atoms with van der Waals surface area (Å²) in [4.78, 5) is 0. The smallest absolute Gasteiger partial charge is 0.143 e. The van der Waals surface area contributed by atoms with Gasteiger partial charge in [-0.3, -0.25) is 0 Å². The highest BCUT2D eigenvalue weighted by atomic mass is 35.5. The quantitative estimate of drug-likeness (QED) is 0.245. The highest BCUT2D eigenvalue weighted by molar-refractivity contribution is 6.30. The molecule has 0 radical (unpaired) electrons. The number of halogens is 1. The highest BCUT2D eigenvalue weighted by Crippen LogP contribution is 2.36. The Balaban J connectivity index is 1.26. The van der Waals surface area contributed by atoms with E-state index in [2.05, 4.69) is 103 Å². The molecule has 0 fully saturated rings. The fourth-order valence-corrected chi connectivity index (χ4v) is 5.19. The van der Waals surface area contributed by atoms with Crippen LogP contribution in [0.1, 0.15) is 0 Å². The van der Waals surface area contributed by atoms with Crippen molar-refractivity contribution in [1.29, 1.82) is 0 Å². The van der Waals surface area contributed by atoms with Crippen molar-refractivity contribution >= 4 is 44.3 Å². The Bertz CT molecular complexity index is 1880. The van der Waals surface area contributed by atoms with Crippen LogP contribution in [0, 0.1) is 0 Å². The average molecular weight is 481 g/mol. The molecular weight excluding hydrogens is 460 g/mol. The summed E-state index contributed by atoms with van der Waals surface area (Å²) in [5.41, 5.74) is 8.85. The summed E-state index contributed by atoms with van der Waals surface area (Å²) in [5.74, 6) is 0. The monoisotopic (exact) mass is 480 g/mol. The standard InChI is InChI=1S/C34H21ClO/c35-29-18-16-23(17-19-29)27-15-11-24-10-14-26(20-28(24)21-27)22-8-12-25(13-9-22)30-5-3-6-32-31-4-1-2-7-33(31)36-34(30)32/h1-21H. The van der Waals surface area contributed by atoms with E-state index < -0.39 is 0 Å². The Kier molecular flexibility index (Phi) is 4.90. The molecule has 0 atom stereocenters. The Hall–Kier alpha value is -4.33. The van der Waals surface area contributed by atoms with E-state index in [1.54, 1.807) is 0 Å². The van der Waals surface area contributed by atoms with Gasteiger partial charge in [0.1, 0.15) is 11.2 Å². The minimum absolute atomic E-state index is 0.752. The van der Waals surface area contributed by atoms with Gasteiger partial charge in [-0.25, -0.2) is 0 Å². The highest BCUT2D eigenvalue weighted by Gasteiger charge is 2.12. The van der Waals surface area contributed by atoms with Crippen LogP contribution >= 0.6 is 11.6 Å². The first-order valence-electron chi connectivity index (χ1n) is 12.0. The maximum Gasteiger partial charge on any atom is 0.143 e. The van der Waals surface area contributed by atoms with E-state index in [-0.39, 0.29) is 0 Å². The molecule has 7 rings (SSSR count). The van der Waals surface area contributed by atoms with E-state index in [0.29, 0.717) is 0 Å². The van der Waals surface area contributed by atoms with Gasteiger partial charge in [-0.2, -0.15) is 0 Å². The van der Waals surface area contributed by atoms with E-state index in [0.717, 1.165) is 43.7 Å². The van der Waals surface area contributed by atoms with Crippen molar-refractivity contribution in [2.75, 3.05) is 0 Å². The van der Waals surface area contributed by atoms with Crippen molar-refractivity contribution in [1.82, 2.24) is 0 Å². The molecule has 0 aliphatic rings. The lowest BCUT2D eigenvalue weighted by molar-refractivity contribution is 0.670. The van der Waals surface area contributed by atoms with Gasteiger partial charge in [-0.05, 0) is 68.9 Å². The summed E-state index contributed by atoms with van der Waals surface area (Å²) in [7, 11) is 0. The molecule has 0 bridgehead atoms. The third-order valence-corrected chi connectivity index (χ3v) is 7.20. The molecule has 1 aromatic heterocycles. The van der Waals surface area contributed by atoms with Crippen LogP contribution in [0.2, 0.25) is 5.02 Å². The minimum atomic E-state index is 0.752. The Morgan fingerprint density at radius 1 is 0.444 bits per heavy atom. The molecule has 0 spiro atoms. The second-order valence-corrected chi connectivity index (χ2v) is 9.58. The fourth-order valence-electron chi connectivity index (χ4n) is 5.06. The summed E-state index contributed by atoms with van der Waals surface area (Å²) in [6.45, 7) is 0. The molecule has 0 N–H and O–H groups in total. The van der Waals surface area contributed by atoms with Gasteiger partial charge in [0.2, 0.25) is 0 Å². The maximum atomic E-state index is 6.25. The molecule has 36 heavy (non-hydrogen) atoms. The molecule has 0 saturated carbocycles. The second kappa shape index (κ2) is 8.41. The van der Waals surface area contributed by atoms with Crippen LogP contribution in [-0.2, 0) is 0 Å². The van der Waals surface area contributed by atoms with Gasteiger partial charge in [-0.1, -0.05) is 109 Å². The van der Waals surface area contributed by atoms with Gasteiger partial charge >= 0.3 is 0 Å². The zero-order chi connectivity index (χ0) is 24.1. The van der Waals surface area contributed by atoms with Crippen LogP contribution in [-0.4, -0.2) is 0 Å². The Morgan fingerprint density at radius 2 is 1.03 bits per heavy atom. The zero-order valence-corrected chi connectivity index (χ0v) is 20.2. The third-order valence-electron chi connectivity index (χ3n) is 6.95.